The van der Waals surface area contributed by atoms with Gasteiger partial charge in [0.2, 0.25) is 0 Å². The summed E-state index contributed by atoms with van der Waals surface area (Å²) < 4.78 is 0. The van der Waals surface area contributed by atoms with Gasteiger partial charge >= 0.3 is 0 Å². The van der Waals surface area contributed by atoms with Gasteiger partial charge in [-0.2, -0.15) is 0 Å². The van der Waals surface area contributed by atoms with Gasteiger partial charge in [0.15, 0.2) is 0 Å². The van der Waals surface area contributed by atoms with Crippen LogP contribution in [0.4, 0.5) is 0 Å². The predicted octanol–water partition coefficient (Wildman–Crippen LogP) is 5.48. The smallest absolute Gasteiger partial charge is 0.0159 e. The minimum Gasteiger partial charge on any atom is -0.0613 e. The van der Waals surface area contributed by atoms with Gasteiger partial charge in [-0.25, -0.2) is 0 Å². The van der Waals surface area contributed by atoms with E-state index >= 15 is 0 Å². The minimum absolute atomic E-state index is 0.844. The number of aryl methyl sites for hydroxylation is 1. The van der Waals surface area contributed by atoms with Crippen LogP contribution < -0.4 is 0 Å². The molecule has 0 spiro atoms. The van der Waals surface area contributed by atoms with E-state index in [1.807, 2.05) is 0 Å². The third kappa shape index (κ3) is 2.48. The Hall–Kier alpha value is -0.780. The fraction of sp³-hybridized carbons (Fsp3) is 0.667. The van der Waals surface area contributed by atoms with Gasteiger partial charge in [0, 0.05) is 0 Å². The molecule has 0 heterocycles. The summed E-state index contributed by atoms with van der Waals surface area (Å²) >= 11 is 0. The number of rotatable bonds is 3. The van der Waals surface area contributed by atoms with Crippen molar-refractivity contribution < 1.29 is 0 Å². The maximum Gasteiger partial charge on any atom is -0.0159 e. The summed E-state index contributed by atoms with van der Waals surface area (Å²) in [7, 11) is 0. The molecule has 0 amide bonds. The number of hydrogen-bond acceptors (Lipinski definition) is 0. The van der Waals surface area contributed by atoms with Crippen molar-refractivity contribution in [1.29, 1.82) is 0 Å². The molecular formula is C18H28. The van der Waals surface area contributed by atoms with Gasteiger partial charge in [-0.05, 0) is 73.3 Å². The zero-order chi connectivity index (χ0) is 13.1. The highest BCUT2D eigenvalue weighted by Crippen LogP contribution is 2.37. The van der Waals surface area contributed by atoms with Crippen molar-refractivity contribution in [2.24, 2.45) is 0 Å². The average Bonchev–Trinajstić information content (AvgIpc) is 2.39. The fourth-order valence-electron chi connectivity index (χ4n) is 3.89. The van der Waals surface area contributed by atoms with E-state index in [1.165, 1.54) is 50.5 Å². The SMILES string of the molecule is CCc1c(C)cc(C2CCCCC2)c(CC)c1C. The molecule has 0 N–H and O–H groups in total. The first-order chi connectivity index (χ1) is 8.69. The van der Waals surface area contributed by atoms with Crippen molar-refractivity contribution in [3.8, 4) is 0 Å². The lowest BCUT2D eigenvalue weighted by Crippen LogP contribution is -2.10. The third-order valence-corrected chi connectivity index (χ3v) is 4.85. The molecule has 0 saturated heterocycles. The summed E-state index contributed by atoms with van der Waals surface area (Å²) in [4.78, 5) is 0. The standard InChI is InChI=1S/C18H28/c1-5-16-13(3)12-18(17(6-2)14(16)4)15-10-8-7-9-11-15/h12,15H,5-11H2,1-4H3. The molecule has 1 aromatic carbocycles. The number of benzene rings is 1. The van der Waals surface area contributed by atoms with Crippen molar-refractivity contribution in [3.63, 3.8) is 0 Å². The second-order valence-electron chi connectivity index (χ2n) is 5.91. The van der Waals surface area contributed by atoms with E-state index in [1.54, 1.807) is 22.3 Å². The predicted molar refractivity (Wildman–Crippen MR) is 80.5 cm³/mol. The third-order valence-electron chi connectivity index (χ3n) is 4.85. The van der Waals surface area contributed by atoms with Crippen LogP contribution >= 0.6 is 0 Å². The largest absolute Gasteiger partial charge is 0.0613 e. The van der Waals surface area contributed by atoms with Gasteiger partial charge in [-0.1, -0.05) is 39.2 Å². The van der Waals surface area contributed by atoms with Crippen molar-refractivity contribution in [1.82, 2.24) is 0 Å². The fourth-order valence-corrected chi connectivity index (χ4v) is 3.89. The Morgan fingerprint density at radius 1 is 0.944 bits per heavy atom. The molecule has 0 bridgehead atoms. The van der Waals surface area contributed by atoms with Crippen LogP contribution in [0.15, 0.2) is 6.07 Å². The molecule has 0 nitrogen and oxygen atoms in total. The molecular weight excluding hydrogens is 216 g/mol. The first-order valence-corrected chi connectivity index (χ1v) is 7.80. The lowest BCUT2D eigenvalue weighted by atomic mass is 9.78. The molecule has 1 fully saturated rings. The summed E-state index contributed by atoms with van der Waals surface area (Å²) in [5.41, 5.74) is 8.04. The summed E-state index contributed by atoms with van der Waals surface area (Å²) in [6, 6.07) is 2.51. The Kier molecular flexibility index (Phi) is 4.48. The molecule has 1 aromatic rings. The molecule has 1 aliphatic carbocycles. The lowest BCUT2D eigenvalue weighted by Gasteiger charge is -2.27. The molecule has 100 valence electrons. The van der Waals surface area contributed by atoms with Crippen LogP contribution in [0.5, 0.6) is 0 Å². The van der Waals surface area contributed by atoms with Crippen LogP contribution in [0.2, 0.25) is 0 Å². The molecule has 18 heavy (non-hydrogen) atoms. The van der Waals surface area contributed by atoms with Crippen molar-refractivity contribution in [3.05, 3.63) is 33.9 Å². The zero-order valence-corrected chi connectivity index (χ0v) is 12.6. The zero-order valence-electron chi connectivity index (χ0n) is 12.6. The van der Waals surface area contributed by atoms with E-state index in [-0.39, 0.29) is 0 Å². The van der Waals surface area contributed by atoms with E-state index in [0.717, 1.165) is 5.92 Å². The summed E-state index contributed by atoms with van der Waals surface area (Å²) in [6.07, 6.45) is 9.52. The Bertz CT molecular complexity index is 409. The van der Waals surface area contributed by atoms with Crippen LogP contribution in [0.25, 0.3) is 0 Å². The second kappa shape index (κ2) is 5.91. The molecule has 0 aliphatic heterocycles. The Morgan fingerprint density at radius 3 is 2.11 bits per heavy atom. The summed E-state index contributed by atoms with van der Waals surface area (Å²) in [5, 5.41) is 0. The monoisotopic (exact) mass is 244 g/mol. The van der Waals surface area contributed by atoms with E-state index in [4.69, 9.17) is 0 Å². The van der Waals surface area contributed by atoms with Crippen molar-refractivity contribution >= 4 is 0 Å². The first-order valence-electron chi connectivity index (χ1n) is 7.80. The van der Waals surface area contributed by atoms with Gasteiger partial charge in [0.05, 0.1) is 0 Å². The van der Waals surface area contributed by atoms with Gasteiger partial charge < -0.3 is 0 Å². The van der Waals surface area contributed by atoms with Crippen LogP contribution in [0.1, 0.15) is 79.7 Å². The first kappa shape index (κ1) is 13.6. The highest BCUT2D eigenvalue weighted by molar-refractivity contribution is 5.46. The molecule has 1 aliphatic rings. The van der Waals surface area contributed by atoms with E-state index in [9.17, 15) is 0 Å². The van der Waals surface area contributed by atoms with Crippen LogP contribution in [0, 0.1) is 13.8 Å². The Morgan fingerprint density at radius 2 is 1.56 bits per heavy atom. The second-order valence-corrected chi connectivity index (χ2v) is 5.91. The van der Waals surface area contributed by atoms with Crippen LogP contribution in [-0.2, 0) is 12.8 Å². The summed E-state index contributed by atoms with van der Waals surface area (Å²) in [6.45, 7) is 9.26. The van der Waals surface area contributed by atoms with Gasteiger partial charge in [-0.3, -0.25) is 0 Å². The molecule has 1 saturated carbocycles. The highest BCUT2D eigenvalue weighted by atomic mass is 14.3. The van der Waals surface area contributed by atoms with E-state index in [0.29, 0.717) is 0 Å². The van der Waals surface area contributed by atoms with Crippen LogP contribution in [-0.4, -0.2) is 0 Å². The molecule has 0 heteroatoms. The lowest BCUT2D eigenvalue weighted by molar-refractivity contribution is 0.441. The Balaban J connectivity index is 2.45. The van der Waals surface area contributed by atoms with E-state index < -0.39 is 0 Å². The maximum absolute atomic E-state index is 2.51. The normalized spacial score (nSPS) is 17.1. The molecule has 0 radical (unpaired) electrons. The molecule has 0 atom stereocenters. The average molecular weight is 244 g/mol. The van der Waals surface area contributed by atoms with E-state index in [2.05, 4.69) is 33.8 Å². The topological polar surface area (TPSA) is 0 Å². The molecule has 0 aromatic heterocycles. The van der Waals surface area contributed by atoms with Crippen molar-refractivity contribution in [2.45, 2.75) is 78.6 Å². The molecule has 2 rings (SSSR count). The van der Waals surface area contributed by atoms with Gasteiger partial charge in [0.25, 0.3) is 0 Å². The molecule has 0 unspecified atom stereocenters. The summed E-state index contributed by atoms with van der Waals surface area (Å²) in [5.74, 6) is 0.844. The number of hydrogen-bond donors (Lipinski definition) is 0. The van der Waals surface area contributed by atoms with Gasteiger partial charge in [-0.15, -0.1) is 0 Å². The Labute approximate surface area is 113 Å². The minimum atomic E-state index is 0.844. The van der Waals surface area contributed by atoms with Crippen molar-refractivity contribution in [2.75, 3.05) is 0 Å². The maximum atomic E-state index is 2.51. The quantitative estimate of drug-likeness (QED) is 0.661. The van der Waals surface area contributed by atoms with Gasteiger partial charge in [0.1, 0.15) is 0 Å². The highest BCUT2D eigenvalue weighted by Gasteiger charge is 2.20. The van der Waals surface area contributed by atoms with Crippen LogP contribution in [0.3, 0.4) is 0 Å².